The van der Waals surface area contributed by atoms with Gasteiger partial charge >= 0.3 is 0 Å². The molecule has 1 aliphatic heterocycles. The summed E-state index contributed by atoms with van der Waals surface area (Å²) in [6.45, 7) is 1.28. The SMILES string of the molecule is O=C(Nc1ccncc1)C1CCN(C(=O)Cc2ccccc2)CC1. The first-order valence-corrected chi connectivity index (χ1v) is 8.25. The number of nitrogens with zero attached hydrogens (tertiary/aromatic N) is 2. The van der Waals surface area contributed by atoms with Crippen molar-refractivity contribution in [2.75, 3.05) is 18.4 Å². The molecule has 0 saturated carbocycles. The van der Waals surface area contributed by atoms with E-state index in [1.54, 1.807) is 24.5 Å². The number of hydrogen-bond donors (Lipinski definition) is 1. The second kappa shape index (κ2) is 7.73. The van der Waals surface area contributed by atoms with Crippen molar-refractivity contribution in [1.29, 1.82) is 0 Å². The lowest BCUT2D eigenvalue weighted by atomic mass is 9.95. The van der Waals surface area contributed by atoms with Crippen molar-refractivity contribution >= 4 is 17.5 Å². The summed E-state index contributed by atoms with van der Waals surface area (Å²) in [6, 6.07) is 13.3. The number of carbonyl (C=O) groups excluding carboxylic acids is 2. The molecule has 1 aromatic carbocycles. The molecule has 1 aromatic heterocycles. The number of amides is 2. The lowest BCUT2D eigenvalue weighted by Crippen LogP contribution is -2.42. The number of aromatic nitrogens is 1. The molecule has 3 rings (SSSR count). The molecular weight excluding hydrogens is 302 g/mol. The summed E-state index contributed by atoms with van der Waals surface area (Å²) < 4.78 is 0. The molecular formula is C19H21N3O2. The Hall–Kier alpha value is -2.69. The van der Waals surface area contributed by atoms with E-state index in [1.165, 1.54) is 0 Å². The third kappa shape index (κ3) is 4.19. The number of piperidine rings is 1. The number of pyridine rings is 1. The van der Waals surface area contributed by atoms with Crippen LogP contribution in [0.25, 0.3) is 0 Å². The Labute approximate surface area is 141 Å². The number of carbonyl (C=O) groups is 2. The highest BCUT2D eigenvalue weighted by Gasteiger charge is 2.27. The number of rotatable bonds is 4. The zero-order chi connectivity index (χ0) is 16.8. The first-order valence-electron chi connectivity index (χ1n) is 8.25. The van der Waals surface area contributed by atoms with Gasteiger partial charge in [0, 0.05) is 37.1 Å². The lowest BCUT2D eigenvalue weighted by molar-refractivity contribution is -0.133. The Morgan fingerprint density at radius 1 is 1.04 bits per heavy atom. The fraction of sp³-hybridized carbons (Fsp3) is 0.316. The predicted octanol–water partition coefficient (Wildman–Crippen LogP) is 2.50. The zero-order valence-corrected chi connectivity index (χ0v) is 13.5. The molecule has 1 fully saturated rings. The predicted molar refractivity (Wildman–Crippen MR) is 92.3 cm³/mol. The summed E-state index contributed by atoms with van der Waals surface area (Å²) in [5.74, 6) is 0.115. The molecule has 0 aliphatic carbocycles. The molecule has 0 bridgehead atoms. The Bertz CT molecular complexity index is 619. The smallest absolute Gasteiger partial charge is 0.227 e. The molecule has 1 N–H and O–H groups in total. The van der Waals surface area contributed by atoms with Crippen LogP contribution in [-0.2, 0) is 16.0 Å². The van der Waals surface area contributed by atoms with Crippen molar-refractivity contribution in [3.63, 3.8) is 0 Å². The van der Waals surface area contributed by atoms with Crippen LogP contribution in [0.15, 0.2) is 54.9 Å². The molecule has 0 unspecified atom stereocenters. The molecule has 2 aromatic rings. The van der Waals surface area contributed by atoms with Crippen molar-refractivity contribution in [1.82, 2.24) is 9.88 Å². The largest absolute Gasteiger partial charge is 0.342 e. The van der Waals surface area contributed by atoms with Crippen LogP contribution in [0.4, 0.5) is 5.69 Å². The zero-order valence-electron chi connectivity index (χ0n) is 13.5. The van der Waals surface area contributed by atoms with Gasteiger partial charge in [-0.25, -0.2) is 0 Å². The van der Waals surface area contributed by atoms with Gasteiger partial charge in [-0.05, 0) is 30.5 Å². The summed E-state index contributed by atoms with van der Waals surface area (Å²) >= 11 is 0. The van der Waals surface area contributed by atoms with Crippen LogP contribution in [0.2, 0.25) is 0 Å². The van der Waals surface area contributed by atoms with Gasteiger partial charge in [0.25, 0.3) is 0 Å². The minimum Gasteiger partial charge on any atom is -0.342 e. The number of nitrogens with one attached hydrogen (secondary N) is 1. The van der Waals surface area contributed by atoms with Gasteiger partial charge in [0.1, 0.15) is 0 Å². The molecule has 5 nitrogen and oxygen atoms in total. The van der Waals surface area contributed by atoms with Crippen LogP contribution >= 0.6 is 0 Å². The van der Waals surface area contributed by atoms with Crippen LogP contribution < -0.4 is 5.32 Å². The van der Waals surface area contributed by atoms with Gasteiger partial charge in [0.15, 0.2) is 0 Å². The summed E-state index contributed by atoms with van der Waals surface area (Å²) in [4.78, 5) is 30.5. The van der Waals surface area contributed by atoms with Crippen LogP contribution in [0.5, 0.6) is 0 Å². The van der Waals surface area contributed by atoms with Crippen LogP contribution in [0.1, 0.15) is 18.4 Å². The first kappa shape index (κ1) is 16.2. The molecule has 1 saturated heterocycles. The molecule has 1 aliphatic rings. The second-order valence-electron chi connectivity index (χ2n) is 6.04. The summed E-state index contributed by atoms with van der Waals surface area (Å²) in [6.07, 6.45) is 5.14. The van der Waals surface area contributed by atoms with Gasteiger partial charge in [-0.15, -0.1) is 0 Å². The van der Waals surface area contributed by atoms with E-state index in [2.05, 4.69) is 10.3 Å². The van der Waals surface area contributed by atoms with Crippen molar-refractivity contribution in [3.8, 4) is 0 Å². The Balaban J connectivity index is 1.48. The molecule has 0 radical (unpaired) electrons. The maximum absolute atomic E-state index is 12.4. The van der Waals surface area contributed by atoms with Crippen molar-refractivity contribution in [3.05, 3.63) is 60.4 Å². The number of hydrogen-bond acceptors (Lipinski definition) is 3. The maximum atomic E-state index is 12.4. The standard InChI is InChI=1S/C19H21N3O2/c23-18(14-15-4-2-1-3-5-15)22-12-8-16(9-13-22)19(24)21-17-6-10-20-11-7-17/h1-7,10-11,16H,8-9,12-14H2,(H,20,21,24). The van der Waals surface area contributed by atoms with E-state index in [0.29, 0.717) is 32.4 Å². The third-order valence-electron chi connectivity index (χ3n) is 4.36. The number of likely N-dealkylation sites (tertiary alicyclic amines) is 1. The molecule has 2 amide bonds. The topological polar surface area (TPSA) is 62.3 Å². The fourth-order valence-corrected chi connectivity index (χ4v) is 2.95. The summed E-state index contributed by atoms with van der Waals surface area (Å²) in [5.41, 5.74) is 1.79. The lowest BCUT2D eigenvalue weighted by Gasteiger charge is -2.31. The van der Waals surface area contributed by atoms with Crippen LogP contribution in [-0.4, -0.2) is 34.8 Å². The van der Waals surface area contributed by atoms with Crippen molar-refractivity contribution < 1.29 is 9.59 Å². The fourth-order valence-electron chi connectivity index (χ4n) is 2.95. The van der Waals surface area contributed by atoms with Crippen molar-refractivity contribution in [2.24, 2.45) is 5.92 Å². The quantitative estimate of drug-likeness (QED) is 0.940. The van der Waals surface area contributed by atoms with Gasteiger partial charge < -0.3 is 10.2 Å². The van der Waals surface area contributed by atoms with Crippen LogP contribution in [0.3, 0.4) is 0 Å². The average Bonchev–Trinajstić information content (AvgIpc) is 2.63. The van der Waals surface area contributed by atoms with Gasteiger partial charge in [-0.1, -0.05) is 30.3 Å². The normalized spacial score (nSPS) is 15.1. The summed E-state index contributed by atoms with van der Waals surface area (Å²) in [7, 11) is 0. The third-order valence-corrected chi connectivity index (χ3v) is 4.36. The maximum Gasteiger partial charge on any atom is 0.227 e. The van der Waals surface area contributed by atoms with E-state index < -0.39 is 0 Å². The molecule has 2 heterocycles. The van der Waals surface area contributed by atoms with E-state index in [1.807, 2.05) is 35.2 Å². The Kier molecular flexibility index (Phi) is 5.21. The van der Waals surface area contributed by atoms with E-state index in [0.717, 1.165) is 11.3 Å². The van der Waals surface area contributed by atoms with Crippen molar-refractivity contribution in [2.45, 2.75) is 19.3 Å². The Morgan fingerprint density at radius 2 is 1.71 bits per heavy atom. The van der Waals surface area contributed by atoms with E-state index in [4.69, 9.17) is 0 Å². The van der Waals surface area contributed by atoms with Gasteiger partial charge in [0.05, 0.1) is 6.42 Å². The second-order valence-corrected chi connectivity index (χ2v) is 6.04. The molecule has 124 valence electrons. The minimum absolute atomic E-state index is 0.0244. The number of benzene rings is 1. The van der Waals surface area contributed by atoms with E-state index in [-0.39, 0.29) is 17.7 Å². The molecule has 0 atom stereocenters. The van der Waals surface area contributed by atoms with Crippen LogP contribution in [0, 0.1) is 5.92 Å². The molecule has 0 spiro atoms. The average molecular weight is 323 g/mol. The summed E-state index contributed by atoms with van der Waals surface area (Å²) in [5, 5.41) is 2.91. The highest BCUT2D eigenvalue weighted by molar-refractivity contribution is 5.92. The van der Waals surface area contributed by atoms with E-state index in [9.17, 15) is 9.59 Å². The monoisotopic (exact) mass is 323 g/mol. The van der Waals surface area contributed by atoms with Gasteiger partial charge in [-0.3, -0.25) is 14.6 Å². The first-order chi connectivity index (χ1) is 11.7. The highest BCUT2D eigenvalue weighted by Crippen LogP contribution is 2.20. The van der Waals surface area contributed by atoms with Gasteiger partial charge in [0.2, 0.25) is 11.8 Å². The highest BCUT2D eigenvalue weighted by atomic mass is 16.2. The van der Waals surface area contributed by atoms with E-state index >= 15 is 0 Å². The molecule has 24 heavy (non-hydrogen) atoms. The van der Waals surface area contributed by atoms with Gasteiger partial charge in [-0.2, -0.15) is 0 Å². The molecule has 5 heteroatoms. The minimum atomic E-state index is -0.0426. The number of anilines is 1. The Morgan fingerprint density at radius 3 is 2.38 bits per heavy atom.